The fourth-order valence-corrected chi connectivity index (χ4v) is 0.224. The van der Waals surface area contributed by atoms with E-state index in [1.807, 2.05) is 0 Å². The average Bonchev–Trinajstić information content (AvgIpc) is 1.68. The molecular weight excluding hydrogens is 179 g/mol. The summed E-state index contributed by atoms with van der Waals surface area (Å²) >= 11 is 0. The molecule has 0 amide bonds. The molecule has 0 aromatic rings. The molecular formula is C2H6ClMgO4P. The zero-order valence-electron chi connectivity index (χ0n) is 5.17. The molecule has 0 aromatic heterocycles. The summed E-state index contributed by atoms with van der Waals surface area (Å²) in [7, 11) is -1.83. The first-order chi connectivity index (χ1) is 3.12. The van der Waals surface area contributed by atoms with Gasteiger partial charge < -0.3 is 26.3 Å². The molecule has 0 fully saturated rings. The van der Waals surface area contributed by atoms with Crippen LogP contribution in [0.4, 0.5) is 0 Å². The van der Waals surface area contributed by atoms with Crippen LogP contribution in [0.2, 0.25) is 0 Å². The minimum Gasteiger partial charge on any atom is -1.00 e. The van der Waals surface area contributed by atoms with Gasteiger partial charge in [0.25, 0.3) is 7.82 Å². The van der Waals surface area contributed by atoms with E-state index in [-0.39, 0.29) is 35.5 Å². The Morgan fingerprint density at radius 1 is 1.33 bits per heavy atom. The van der Waals surface area contributed by atoms with Crippen molar-refractivity contribution in [3.63, 3.8) is 0 Å². The Hall–Kier alpha value is 1.17. The summed E-state index contributed by atoms with van der Waals surface area (Å²) in [6.45, 7) is 0. The Morgan fingerprint density at radius 2 is 1.56 bits per heavy atom. The topological polar surface area (TPSA) is 58.6 Å². The van der Waals surface area contributed by atoms with Crippen LogP contribution in [-0.4, -0.2) is 37.3 Å². The first-order valence-electron chi connectivity index (χ1n) is 1.55. The van der Waals surface area contributed by atoms with E-state index in [0.29, 0.717) is 0 Å². The van der Waals surface area contributed by atoms with Gasteiger partial charge in [0.15, 0.2) is 0 Å². The van der Waals surface area contributed by atoms with Crippen molar-refractivity contribution in [2.75, 3.05) is 14.2 Å². The molecule has 4 nitrogen and oxygen atoms in total. The molecule has 0 aliphatic carbocycles. The summed E-state index contributed by atoms with van der Waals surface area (Å²) in [6.07, 6.45) is 0. The molecule has 0 rings (SSSR count). The van der Waals surface area contributed by atoms with Crippen molar-refractivity contribution in [3.8, 4) is 0 Å². The maximum Gasteiger partial charge on any atom is 2.00 e. The molecule has 0 heterocycles. The van der Waals surface area contributed by atoms with Gasteiger partial charge in [-0.1, -0.05) is 0 Å². The van der Waals surface area contributed by atoms with Crippen LogP contribution < -0.4 is 17.3 Å². The maximum atomic E-state index is 9.95. The number of phosphoric acid groups is 1. The molecule has 0 bridgehead atoms. The number of rotatable bonds is 2. The number of phosphoric ester groups is 1. The Morgan fingerprint density at radius 3 is 1.56 bits per heavy atom. The summed E-state index contributed by atoms with van der Waals surface area (Å²) < 4.78 is 17.7. The number of halogens is 1. The maximum absolute atomic E-state index is 9.95. The van der Waals surface area contributed by atoms with Crippen molar-refractivity contribution in [2.45, 2.75) is 0 Å². The van der Waals surface area contributed by atoms with Crippen molar-refractivity contribution in [1.82, 2.24) is 0 Å². The molecule has 0 N–H and O–H groups in total. The van der Waals surface area contributed by atoms with Gasteiger partial charge in [-0.25, -0.2) is 0 Å². The van der Waals surface area contributed by atoms with Gasteiger partial charge in [-0.2, -0.15) is 0 Å². The van der Waals surface area contributed by atoms with Gasteiger partial charge in [0.05, 0.1) is 0 Å². The molecule has 0 aliphatic rings. The monoisotopic (exact) mass is 184 g/mol. The summed E-state index contributed by atoms with van der Waals surface area (Å²) in [5.74, 6) is 0. The van der Waals surface area contributed by atoms with Crippen LogP contribution in [0.25, 0.3) is 0 Å². The van der Waals surface area contributed by atoms with Crippen LogP contribution in [0.15, 0.2) is 0 Å². The summed E-state index contributed by atoms with van der Waals surface area (Å²) in [6, 6.07) is 0. The minimum atomic E-state index is -3.90. The van der Waals surface area contributed by atoms with Crippen LogP contribution in [0.3, 0.4) is 0 Å². The predicted molar refractivity (Wildman–Crippen MR) is 27.4 cm³/mol. The van der Waals surface area contributed by atoms with Gasteiger partial charge in [0.2, 0.25) is 0 Å². The van der Waals surface area contributed by atoms with Crippen LogP contribution in [-0.2, 0) is 13.6 Å². The second kappa shape index (κ2) is 7.28. The summed E-state index contributed by atoms with van der Waals surface area (Å²) in [5, 5.41) is 0. The Bertz CT molecular complexity index is 90.6. The van der Waals surface area contributed by atoms with E-state index in [9.17, 15) is 9.46 Å². The third-order valence-corrected chi connectivity index (χ3v) is 1.34. The fourth-order valence-electron chi connectivity index (χ4n) is 0.0745. The predicted octanol–water partition coefficient (Wildman–Crippen LogP) is -3.63. The van der Waals surface area contributed by atoms with Crippen molar-refractivity contribution in [1.29, 1.82) is 0 Å². The van der Waals surface area contributed by atoms with Crippen LogP contribution >= 0.6 is 7.82 Å². The number of hydrogen-bond donors (Lipinski definition) is 0. The van der Waals surface area contributed by atoms with Crippen LogP contribution in [0.5, 0.6) is 0 Å². The van der Waals surface area contributed by atoms with Gasteiger partial charge in [0.1, 0.15) is 0 Å². The molecule has 0 unspecified atom stereocenters. The van der Waals surface area contributed by atoms with Gasteiger partial charge in [-0.05, 0) is 0 Å². The standard InChI is InChI=1S/C2H7O4P.ClH.Mg/c1-5-7(3,4)6-2;;/h1-2H3,(H,3,4);1H;/q;;+2/p-2. The first kappa shape index (κ1) is 16.6. The Labute approximate surface area is 76.1 Å². The van der Waals surface area contributed by atoms with Gasteiger partial charge in [-0.3, -0.25) is 4.57 Å². The Kier molecular flexibility index (Phi) is 13.4. The average molecular weight is 185 g/mol. The Balaban J connectivity index is -0.000000180. The molecule has 9 heavy (non-hydrogen) atoms. The van der Waals surface area contributed by atoms with Crippen molar-refractivity contribution in [3.05, 3.63) is 0 Å². The molecule has 0 aromatic carbocycles. The summed E-state index contributed by atoms with van der Waals surface area (Å²) in [5.41, 5.74) is 0. The first-order valence-corrected chi connectivity index (χ1v) is 3.01. The summed E-state index contributed by atoms with van der Waals surface area (Å²) in [4.78, 5) is 9.95. The normalized spacial score (nSPS) is 9.22. The van der Waals surface area contributed by atoms with E-state index >= 15 is 0 Å². The molecule has 7 heteroatoms. The molecule has 0 saturated carbocycles. The van der Waals surface area contributed by atoms with E-state index in [1.165, 1.54) is 0 Å². The second-order valence-electron chi connectivity index (χ2n) is 0.812. The van der Waals surface area contributed by atoms with E-state index in [1.54, 1.807) is 0 Å². The smallest absolute Gasteiger partial charge is 1.00 e. The van der Waals surface area contributed by atoms with Gasteiger partial charge >= 0.3 is 23.1 Å². The van der Waals surface area contributed by atoms with Crippen LogP contribution in [0, 0.1) is 0 Å². The van der Waals surface area contributed by atoms with E-state index in [4.69, 9.17) is 0 Å². The van der Waals surface area contributed by atoms with E-state index in [0.717, 1.165) is 14.2 Å². The molecule has 0 aliphatic heterocycles. The minimum absolute atomic E-state index is 0. The van der Waals surface area contributed by atoms with Gasteiger partial charge in [0, 0.05) is 14.2 Å². The van der Waals surface area contributed by atoms with E-state index in [2.05, 4.69) is 9.05 Å². The molecule has 0 radical (unpaired) electrons. The largest absolute Gasteiger partial charge is 2.00 e. The molecule has 52 valence electrons. The zero-order chi connectivity index (χ0) is 5.91. The van der Waals surface area contributed by atoms with Crippen molar-refractivity contribution in [2.24, 2.45) is 0 Å². The molecule has 0 saturated heterocycles. The quantitative estimate of drug-likeness (QED) is 0.329. The van der Waals surface area contributed by atoms with Crippen molar-refractivity contribution >= 4 is 30.9 Å². The molecule has 0 atom stereocenters. The fraction of sp³-hybridized carbons (Fsp3) is 1.00. The third-order valence-electron chi connectivity index (χ3n) is 0.447. The SMILES string of the molecule is COP(=O)([O-])OC.[Cl-].[Mg+2]. The third kappa shape index (κ3) is 9.17. The van der Waals surface area contributed by atoms with Crippen molar-refractivity contribution < 1.29 is 30.9 Å². The number of hydrogen-bond acceptors (Lipinski definition) is 4. The molecule has 0 spiro atoms. The van der Waals surface area contributed by atoms with Gasteiger partial charge in [-0.15, -0.1) is 0 Å². The van der Waals surface area contributed by atoms with E-state index < -0.39 is 7.82 Å². The zero-order valence-corrected chi connectivity index (χ0v) is 8.23. The van der Waals surface area contributed by atoms with Crippen LogP contribution in [0.1, 0.15) is 0 Å². The second-order valence-corrected chi connectivity index (χ2v) is 2.44.